The summed E-state index contributed by atoms with van der Waals surface area (Å²) in [5, 5.41) is 9.09. The maximum atomic E-state index is 13.0. The highest BCUT2D eigenvalue weighted by Crippen LogP contribution is 2.35. The lowest BCUT2D eigenvalue weighted by Gasteiger charge is -2.12. The molecular formula is C10H6F6O. The Balaban J connectivity index is 3.15. The Labute approximate surface area is 92.0 Å². The summed E-state index contributed by atoms with van der Waals surface area (Å²) in [5.74, 6) is -6.68. The van der Waals surface area contributed by atoms with Gasteiger partial charge in [-0.15, -0.1) is 0 Å². The fourth-order valence-corrected chi connectivity index (χ4v) is 1.09. The van der Waals surface area contributed by atoms with Gasteiger partial charge in [0.1, 0.15) is 11.9 Å². The lowest BCUT2D eigenvalue weighted by Crippen LogP contribution is -2.13. The molecule has 0 amide bonds. The molecular weight excluding hydrogens is 250 g/mol. The van der Waals surface area contributed by atoms with Crippen LogP contribution in [0.4, 0.5) is 26.3 Å². The molecule has 0 radical (unpaired) electrons. The number of benzene rings is 1. The van der Waals surface area contributed by atoms with E-state index in [1.165, 1.54) is 12.1 Å². The first-order valence-corrected chi connectivity index (χ1v) is 4.30. The second-order valence-electron chi connectivity index (χ2n) is 3.08. The smallest absolute Gasteiger partial charge is 0.381 e. The molecule has 0 bridgehead atoms. The van der Waals surface area contributed by atoms with Crippen LogP contribution in [0.1, 0.15) is 11.7 Å². The summed E-state index contributed by atoms with van der Waals surface area (Å²) in [6.45, 7) is 0. The van der Waals surface area contributed by atoms with E-state index in [2.05, 4.69) is 0 Å². The van der Waals surface area contributed by atoms with Gasteiger partial charge in [0.2, 0.25) is 5.83 Å². The standard InChI is InChI=1S/C10H6F6O/c11-6-4-2-1-3-5(6)8(17)7(12)9(13)10(14,15)16/h1-4,8,17H/b9-7-. The Morgan fingerprint density at radius 1 is 1.12 bits per heavy atom. The van der Waals surface area contributed by atoms with Crippen LogP contribution in [0.15, 0.2) is 35.9 Å². The third-order valence-corrected chi connectivity index (χ3v) is 1.90. The lowest BCUT2D eigenvalue weighted by atomic mass is 10.1. The summed E-state index contributed by atoms with van der Waals surface area (Å²) in [4.78, 5) is 0. The van der Waals surface area contributed by atoms with E-state index in [1.807, 2.05) is 0 Å². The van der Waals surface area contributed by atoms with Gasteiger partial charge < -0.3 is 5.11 Å². The molecule has 1 N–H and O–H groups in total. The minimum atomic E-state index is -5.56. The molecule has 1 aromatic carbocycles. The zero-order valence-electron chi connectivity index (χ0n) is 8.10. The van der Waals surface area contributed by atoms with Crippen molar-refractivity contribution < 1.29 is 31.4 Å². The maximum Gasteiger partial charge on any atom is 0.445 e. The minimum Gasteiger partial charge on any atom is -0.381 e. The summed E-state index contributed by atoms with van der Waals surface area (Å²) < 4.78 is 73.8. The van der Waals surface area contributed by atoms with Gasteiger partial charge in [-0.2, -0.15) is 17.6 Å². The Bertz CT molecular complexity index is 437. The van der Waals surface area contributed by atoms with Gasteiger partial charge in [-0.3, -0.25) is 0 Å². The van der Waals surface area contributed by atoms with Crippen molar-refractivity contribution in [3.63, 3.8) is 0 Å². The first kappa shape index (κ1) is 13.6. The second kappa shape index (κ2) is 4.79. The fraction of sp³-hybridized carbons (Fsp3) is 0.200. The first-order chi connectivity index (χ1) is 7.75. The molecule has 0 heterocycles. The average Bonchev–Trinajstić information content (AvgIpc) is 2.25. The molecule has 1 unspecified atom stereocenters. The van der Waals surface area contributed by atoms with E-state index in [0.717, 1.165) is 12.1 Å². The van der Waals surface area contributed by atoms with Crippen LogP contribution in [-0.4, -0.2) is 11.3 Å². The molecule has 1 rings (SSSR count). The normalized spacial score (nSPS) is 15.5. The molecule has 0 saturated carbocycles. The van der Waals surface area contributed by atoms with Crippen LogP contribution in [-0.2, 0) is 0 Å². The van der Waals surface area contributed by atoms with E-state index in [-0.39, 0.29) is 0 Å². The minimum absolute atomic E-state index is 0.774. The number of halogens is 6. The molecule has 0 saturated heterocycles. The molecule has 1 nitrogen and oxygen atoms in total. The SMILES string of the molecule is OC(/C(F)=C(/F)C(F)(F)F)c1ccccc1F. The van der Waals surface area contributed by atoms with Gasteiger partial charge in [-0.25, -0.2) is 8.78 Å². The molecule has 0 aliphatic carbocycles. The van der Waals surface area contributed by atoms with Gasteiger partial charge in [0.15, 0.2) is 5.83 Å². The molecule has 94 valence electrons. The molecule has 0 spiro atoms. The van der Waals surface area contributed by atoms with Gasteiger partial charge in [0, 0.05) is 5.56 Å². The third-order valence-electron chi connectivity index (χ3n) is 1.90. The van der Waals surface area contributed by atoms with Crippen LogP contribution in [0.2, 0.25) is 0 Å². The zero-order valence-corrected chi connectivity index (χ0v) is 8.10. The van der Waals surface area contributed by atoms with E-state index >= 15 is 0 Å². The van der Waals surface area contributed by atoms with Crippen molar-refractivity contribution in [2.24, 2.45) is 0 Å². The Morgan fingerprint density at radius 3 is 2.12 bits per heavy atom. The summed E-state index contributed by atoms with van der Waals surface area (Å²) in [5.41, 5.74) is -0.774. The number of allylic oxidation sites excluding steroid dienone is 1. The highest BCUT2D eigenvalue weighted by molar-refractivity contribution is 5.26. The monoisotopic (exact) mass is 256 g/mol. The highest BCUT2D eigenvalue weighted by atomic mass is 19.4. The predicted octanol–water partition coefficient (Wildman–Crippen LogP) is 3.57. The van der Waals surface area contributed by atoms with Crippen molar-refractivity contribution in [3.8, 4) is 0 Å². The van der Waals surface area contributed by atoms with Crippen molar-refractivity contribution in [3.05, 3.63) is 47.3 Å². The second-order valence-corrected chi connectivity index (χ2v) is 3.08. The van der Waals surface area contributed by atoms with Gasteiger partial charge in [0.05, 0.1) is 0 Å². The molecule has 17 heavy (non-hydrogen) atoms. The summed E-state index contributed by atoms with van der Waals surface area (Å²) >= 11 is 0. The number of rotatable bonds is 2. The van der Waals surface area contributed by atoms with Crippen LogP contribution >= 0.6 is 0 Å². The number of hydrogen-bond donors (Lipinski definition) is 1. The average molecular weight is 256 g/mol. The first-order valence-electron chi connectivity index (χ1n) is 4.30. The number of aliphatic hydroxyl groups is 1. The van der Waals surface area contributed by atoms with Crippen LogP contribution in [0, 0.1) is 5.82 Å². The van der Waals surface area contributed by atoms with E-state index in [1.54, 1.807) is 0 Å². The molecule has 7 heteroatoms. The Morgan fingerprint density at radius 2 is 1.65 bits per heavy atom. The van der Waals surface area contributed by atoms with Crippen LogP contribution in [0.25, 0.3) is 0 Å². The lowest BCUT2D eigenvalue weighted by molar-refractivity contribution is -0.112. The molecule has 0 aromatic heterocycles. The van der Waals surface area contributed by atoms with Gasteiger partial charge >= 0.3 is 6.18 Å². The highest BCUT2D eigenvalue weighted by Gasteiger charge is 2.40. The number of hydrogen-bond acceptors (Lipinski definition) is 1. The van der Waals surface area contributed by atoms with Gasteiger partial charge in [-0.05, 0) is 6.07 Å². The van der Waals surface area contributed by atoms with E-state index < -0.39 is 35.3 Å². The number of alkyl halides is 3. The van der Waals surface area contributed by atoms with Crippen molar-refractivity contribution in [1.29, 1.82) is 0 Å². The number of aliphatic hydroxyl groups excluding tert-OH is 1. The quantitative estimate of drug-likeness (QED) is 0.802. The maximum absolute atomic E-state index is 13.0. The zero-order chi connectivity index (χ0) is 13.2. The summed E-state index contributed by atoms with van der Waals surface area (Å²) in [6, 6.07) is 4.01. The molecule has 1 atom stereocenters. The van der Waals surface area contributed by atoms with Gasteiger partial charge in [0.25, 0.3) is 0 Å². The van der Waals surface area contributed by atoms with Crippen LogP contribution < -0.4 is 0 Å². The fourth-order valence-electron chi connectivity index (χ4n) is 1.09. The van der Waals surface area contributed by atoms with Crippen molar-refractivity contribution in [2.75, 3.05) is 0 Å². The Kier molecular flexibility index (Phi) is 3.82. The van der Waals surface area contributed by atoms with Crippen molar-refractivity contribution >= 4 is 0 Å². The third kappa shape index (κ3) is 3.00. The van der Waals surface area contributed by atoms with E-state index in [9.17, 15) is 26.3 Å². The van der Waals surface area contributed by atoms with Crippen LogP contribution in [0.5, 0.6) is 0 Å². The van der Waals surface area contributed by atoms with Crippen molar-refractivity contribution in [1.82, 2.24) is 0 Å². The van der Waals surface area contributed by atoms with Crippen LogP contribution in [0.3, 0.4) is 0 Å². The molecule has 1 aromatic rings. The summed E-state index contributed by atoms with van der Waals surface area (Å²) in [6.07, 6.45) is -8.19. The molecule has 0 fully saturated rings. The molecule has 0 aliphatic rings. The van der Waals surface area contributed by atoms with E-state index in [4.69, 9.17) is 5.11 Å². The van der Waals surface area contributed by atoms with Crippen molar-refractivity contribution in [2.45, 2.75) is 12.3 Å². The predicted molar refractivity (Wildman–Crippen MR) is 46.7 cm³/mol. The largest absolute Gasteiger partial charge is 0.445 e. The van der Waals surface area contributed by atoms with E-state index in [0.29, 0.717) is 0 Å². The van der Waals surface area contributed by atoms with Gasteiger partial charge in [-0.1, -0.05) is 18.2 Å². The summed E-state index contributed by atoms with van der Waals surface area (Å²) in [7, 11) is 0. The molecule has 0 aliphatic heterocycles. The Hall–Kier alpha value is -1.50. The topological polar surface area (TPSA) is 20.2 Å².